The number of allylic oxidation sites excluding steroid dienone is 1. The van der Waals surface area contributed by atoms with E-state index in [0.717, 1.165) is 12.1 Å². The molecule has 0 amide bonds. The molecule has 1 rings (SSSR count). The highest BCUT2D eigenvalue weighted by atomic mass is 79.9. The normalized spacial score (nSPS) is 10.8. The van der Waals surface area contributed by atoms with E-state index in [-0.39, 0.29) is 16.8 Å². The molecule has 7 heteroatoms. The molecule has 4 nitrogen and oxygen atoms in total. The fourth-order valence-corrected chi connectivity index (χ4v) is 1.75. The van der Waals surface area contributed by atoms with Gasteiger partial charge in [0, 0.05) is 5.88 Å². The summed E-state index contributed by atoms with van der Waals surface area (Å²) in [5, 5.41) is 10.7. The quantitative estimate of drug-likeness (QED) is 0.359. The van der Waals surface area contributed by atoms with Crippen molar-refractivity contribution < 1.29 is 14.1 Å². The van der Waals surface area contributed by atoms with Gasteiger partial charge in [0.2, 0.25) is 5.75 Å². The molecule has 0 atom stereocenters. The third-order valence-electron chi connectivity index (χ3n) is 1.77. The number of halogens is 3. The van der Waals surface area contributed by atoms with Crippen molar-refractivity contribution in [2.45, 2.75) is 0 Å². The second kappa shape index (κ2) is 6.56. The molecule has 0 saturated heterocycles. The molecular formula is C10H8BrClFNO3. The van der Waals surface area contributed by atoms with E-state index >= 15 is 0 Å². The van der Waals surface area contributed by atoms with E-state index in [9.17, 15) is 14.5 Å². The molecule has 1 aromatic rings. The van der Waals surface area contributed by atoms with Gasteiger partial charge in [0.25, 0.3) is 0 Å². The lowest BCUT2D eigenvalue weighted by atomic mass is 10.3. The van der Waals surface area contributed by atoms with Crippen LogP contribution in [0, 0.1) is 15.9 Å². The molecule has 0 aliphatic heterocycles. The number of hydrogen-bond acceptors (Lipinski definition) is 3. The SMILES string of the molecule is O=[N+]([O-])c1cc(F)cc(Br)c1OCC=CCCl. The van der Waals surface area contributed by atoms with Gasteiger partial charge in [0.05, 0.1) is 15.5 Å². The van der Waals surface area contributed by atoms with E-state index in [1.165, 1.54) is 0 Å². The standard InChI is InChI=1S/C10H8BrClFNO3/c11-8-5-7(13)6-9(14(15)16)10(8)17-4-2-1-3-12/h1-2,5-6H,3-4H2. The van der Waals surface area contributed by atoms with Crippen LogP contribution in [0.15, 0.2) is 28.8 Å². The number of rotatable bonds is 5. The predicted octanol–water partition coefficient (Wildman–Crippen LogP) is 3.67. The molecule has 0 heterocycles. The highest BCUT2D eigenvalue weighted by molar-refractivity contribution is 9.10. The summed E-state index contributed by atoms with van der Waals surface area (Å²) in [6, 6.07) is 1.92. The van der Waals surface area contributed by atoms with Crippen LogP contribution in [-0.4, -0.2) is 17.4 Å². The maximum Gasteiger partial charge on any atom is 0.315 e. The fourth-order valence-electron chi connectivity index (χ4n) is 1.09. The molecule has 0 bridgehead atoms. The number of alkyl halides is 1. The van der Waals surface area contributed by atoms with Gasteiger partial charge in [-0.2, -0.15) is 0 Å². The van der Waals surface area contributed by atoms with Crippen LogP contribution in [0.4, 0.5) is 10.1 Å². The van der Waals surface area contributed by atoms with Gasteiger partial charge in [-0.05, 0) is 22.0 Å². The zero-order valence-electron chi connectivity index (χ0n) is 8.53. The molecule has 0 aliphatic rings. The van der Waals surface area contributed by atoms with E-state index in [2.05, 4.69) is 15.9 Å². The first-order valence-corrected chi connectivity index (χ1v) is 5.86. The molecule has 0 spiro atoms. The maximum atomic E-state index is 13.0. The summed E-state index contributed by atoms with van der Waals surface area (Å²) in [4.78, 5) is 10.0. The number of ether oxygens (including phenoxy) is 1. The van der Waals surface area contributed by atoms with Crippen LogP contribution in [0.1, 0.15) is 0 Å². The first-order chi connectivity index (χ1) is 8.06. The van der Waals surface area contributed by atoms with Crippen LogP contribution in [0.25, 0.3) is 0 Å². The Labute approximate surface area is 110 Å². The summed E-state index contributed by atoms with van der Waals surface area (Å²) in [6.45, 7) is 0.123. The predicted molar refractivity (Wildman–Crippen MR) is 66.1 cm³/mol. The Balaban J connectivity index is 2.96. The van der Waals surface area contributed by atoms with Crippen LogP contribution in [0.5, 0.6) is 5.75 Å². The van der Waals surface area contributed by atoms with Crippen molar-refractivity contribution in [2.75, 3.05) is 12.5 Å². The Kier molecular flexibility index (Phi) is 5.37. The largest absolute Gasteiger partial charge is 0.482 e. The monoisotopic (exact) mass is 323 g/mol. The van der Waals surface area contributed by atoms with Crippen molar-refractivity contribution in [2.24, 2.45) is 0 Å². The van der Waals surface area contributed by atoms with Crippen LogP contribution in [-0.2, 0) is 0 Å². The highest BCUT2D eigenvalue weighted by Gasteiger charge is 2.20. The molecule has 0 aromatic heterocycles. The Morgan fingerprint density at radius 2 is 2.24 bits per heavy atom. The summed E-state index contributed by atoms with van der Waals surface area (Å²) in [6.07, 6.45) is 3.26. The van der Waals surface area contributed by atoms with Gasteiger partial charge in [-0.1, -0.05) is 12.2 Å². The van der Waals surface area contributed by atoms with Gasteiger partial charge in [0.1, 0.15) is 12.4 Å². The van der Waals surface area contributed by atoms with Gasteiger partial charge in [-0.3, -0.25) is 10.1 Å². The van der Waals surface area contributed by atoms with Gasteiger partial charge in [-0.25, -0.2) is 4.39 Å². The van der Waals surface area contributed by atoms with Crippen molar-refractivity contribution in [3.8, 4) is 5.75 Å². The number of hydrogen-bond donors (Lipinski definition) is 0. The maximum absolute atomic E-state index is 13.0. The molecule has 1 aromatic carbocycles. The van der Waals surface area contributed by atoms with Crippen molar-refractivity contribution in [3.63, 3.8) is 0 Å². The lowest BCUT2D eigenvalue weighted by Crippen LogP contribution is -2.00. The topological polar surface area (TPSA) is 52.4 Å². The van der Waals surface area contributed by atoms with Crippen LogP contribution >= 0.6 is 27.5 Å². The summed E-state index contributed by atoms with van der Waals surface area (Å²) >= 11 is 8.42. The third-order valence-corrected chi connectivity index (χ3v) is 2.53. The average molecular weight is 325 g/mol. The molecule has 0 radical (unpaired) electrons. The molecular weight excluding hydrogens is 316 g/mol. The van der Waals surface area contributed by atoms with Crippen LogP contribution in [0.3, 0.4) is 0 Å². The second-order valence-electron chi connectivity index (χ2n) is 2.93. The first-order valence-electron chi connectivity index (χ1n) is 4.53. The number of nitro benzene ring substituents is 1. The molecule has 92 valence electrons. The molecule has 0 aliphatic carbocycles. The first kappa shape index (κ1) is 13.9. The van der Waals surface area contributed by atoms with E-state index < -0.39 is 16.4 Å². The minimum Gasteiger partial charge on any atom is -0.482 e. The molecule has 0 unspecified atom stereocenters. The van der Waals surface area contributed by atoms with Gasteiger partial charge >= 0.3 is 5.69 Å². The van der Waals surface area contributed by atoms with E-state index in [0.29, 0.717) is 5.88 Å². The second-order valence-corrected chi connectivity index (χ2v) is 4.09. The minimum atomic E-state index is -0.702. The summed E-state index contributed by atoms with van der Waals surface area (Å²) in [5.74, 6) is -0.376. The number of benzene rings is 1. The summed E-state index contributed by atoms with van der Waals surface area (Å²) < 4.78 is 18.4. The smallest absolute Gasteiger partial charge is 0.315 e. The minimum absolute atomic E-state index is 0.00405. The van der Waals surface area contributed by atoms with Crippen molar-refractivity contribution in [1.82, 2.24) is 0 Å². The Morgan fingerprint density at radius 3 is 2.82 bits per heavy atom. The third kappa shape index (κ3) is 3.98. The van der Waals surface area contributed by atoms with E-state index in [1.807, 2.05) is 0 Å². The van der Waals surface area contributed by atoms with E-state index in [4.69, 9.17) is 16.3 Å². The Hall–Kier alpha value is -1.14. The lowest BCUT2D eigenvalue weighted by molar-refractivity contribution is -0.386. The molecule has 17 heavy (non-hydrogen) atoms. The van der Waals surface area contributed by atoms with Gasteiger partial charge in [-0.15, -0.1) is 11.6 Å². The fraction of sp³-hybridized carbons (Fsp3) is 0.200. The van der Waals surface area contributed by atoms with Crippen molar-refractivity contribution >= 4 is 33.2 Å². The number of nitrogens with zero attached hydrogens (tertiary/aromatic N) is 1. The zero-order valence-corrected chi connectivity index (χ0v) is 10.9. The Morgan fingerprint density at radius 1 is 1.53 bits per heavy atom. The van der Waals surface area contributed by atoms with Crippen LogP contribution < -0.4 is 4.74 Å². The molecule has 0 N–H and O–H groups in total. The highest BCUT2D eigenvalue weighted by Crippen LogP contribution is 2.35. The molecule has 0 fully saturated rings. The summed E-state index contributed by atoms with van der Waals surface area (Å²) in [7, 11) is 0. The van der Waals surface area contributed by atoms with Crippen LogP contribution in [0.2, 0.25) is 0 Å². The average Bonchev–Trinajstić information content (AvgIpc) is 2.25. The molecule has 0 saturated carbocycles. The Bertz CT molecular complexity index is 453. The van der Waals surface area contributed by atoms with Crippen molar-refractivity contribution in [3.05, 3.63) is 44.7 Å². The van der Waals surface area contributed by atoms with Gasteiger partial charge < -0.3 is 4.74 Å². The zero-order chi connectivity index (χ0) is 12.8. The van der Waals surface area contributed by atoms with Gasteiger partial charge in [0.15, 0.2) is 0 Å². The van der Waals surface area contributed by atoms with Crippen molar-refractivity contribution in [1.29, 1.82) is 0 Å². The number of nitro groups is 1. The van der Waals surface area contributed by atoms with E-state index in [1.54, 1.807) is 12.2 Å². The lowest BCUT2D eigenvalue weighted by Gasteiger charge is -2.06. The summed E-state index contributed by atoms with van der Waals surface area (Å²) in [5.41, 5.74) is -0.420.